The number of aromatic nitrogens is 3. The SMILES string of the molecule is O=C(O)c1cc(Cl)ccc1N=Nc1c(S(=O)(=O)[O-])cc2c(S(=O)(=O)[O-])ccc(Nc3nc(O)nc(Nc4cccc(S(=O)(=O)[O-])c4)n3)c2c1O.[Na+].[Na+].[Na+]. The number of carboxylic acid groups (broad SMARTS) is 1. The molecule has 4 aromatic carbocycles. The van der Waals surface area contributed by atoms with Crippen LogP contribution in [-0.4, -0.2) is 75.2 Å². The molecule has 0 spiro atoms. The van der Waals surface area contributed by atoms with E-state index in [-0.39, 0.29) is 105 Å². The molecule has 5 N–H and O–H groups in total. The Balaban J connectivity index is 0.00000324. The third-order valence-corrected chi connectivity index (χ3v) is 9.22. The molecule has 0 aliphatic heterocycles. The molecule has 5 rings (SSSR count). The Kier molecular flexibility index (Phi) is 15.8. The Morgan fingerprint density at radius 1 is 0.736 bits per heavy atom. The van der Waals surface area contributed by atoms with Crippen LogP contribution in [0.3, 0.4) is 0 Å². The van der Waals surface area contributed by atoms with Crippen molar-refractivity contribution in [3.63, 3.8) is 0 Å². The largest absolute Gasteiger partial charge is 1.00 e. The Bertz CT molecular complexity index is 2620. The molecule has 0 saturated heterocycles. The van der Waals surface area contributed by atoms with Gasteiger partial charge in [0.25, 0.3) is 0 Å². The van der Waals surface area contributed by atoms with Crippen molar-refractivity contribution in [3.8, 4) is 11.8 Å². The summed E-state index contributed by atoms with van der Waals surface area (Å²) in [5.74, 6) is -3.77. The van der Waals surface area contributed by atoms with Crippen LogP contribution in [-0.2, 0) is 30.4 Å². The summed E-state index contributed by atoms with van der Waals surface area (Å²) in [7, 11) is -15.9. The molecule has 0 aliphatic carbocycles. The number of fused-ring (bicyclic) bond motifs is 1. The normalized spacial score (nSPS) is 11.6. The van der Waals surface area contributed by atoms with Crippen molar-refractivity contribution in [1.29, 1.82) is 0 Å². The van der Waals surface area contributed by atoms with Gasteiger partial charge in [-0.15, -0.1) is 10.2 Å². The molecular formula is C26H15ClN7Na3O13S3. The molecule has 0 bridgehead atoms. The van der Waals surface area contributed by atoms with E-state index >= 15 is 0 Å². The first kappa shape index (κ1) is 46.6. The summed E-state index contributed by atoms with van der Waals surface area (Å²) in [5, 5.41) is 41.7. The van der Waals surface area contributed by atoms with Crippen LogP contribution >= 0.6 is 11.6 Å². The number of aromatic carboxylic acids is 1. The van der Waals surface area contributed by atoms with Gasteiger partial charge < -0.3 is 39.6 Å². The molecule has 0 atom stereocenters. The number of hydrogen-bond donors (Lipinski definition) is 5. The number of benzene rings is 4. The Morgan fingerprint density at radius 3 is 1.94 bits per heavy atom. The van der Waals surface area contributed by atoms with E-state index in [1.807, 2.05) is 0 Å². The first-order valence-electron chi connectivity index (χ1n) is 13.0. The molecule has 0 fully saturated rings. The quantitative estimate of drug-likeness (QED) is 0.0497. The maximum absolute atomic E-state index is 12.3. The van der Waals surface area contributed by atoms with Gasteiger partial charge >= 0.3 is 101 Å². The fourth-order valence-electron chi connectivity index (χ4n) is 4.37. The summed E-state index contributed by atoms with van der Waals surface area (Å²) in [5.41, 5.74) is -2.44. The molecule has 53 heavy (non-hydrogen) atoms. The number of phenolic OH excluding ortho intramolecular Hbond substituents is 1. The summed E-state index contributed by atoms with van der Waals surface area (Å²) in [6.07, 6.45) is 0. The van der Waals surface area contributed by atoms with E-state index in [2.05, 4.69) is 35.8 Å². The van der Waals surface area contributed by atoms with Gasteiger partial charge in [-0.25, -0.2) is 30.0 Å². The van der Waals surface area contributed by atoms with Gasteiger partial charge in [0.1, 0.15) is 41.7 Å². The first-order chi connectivity index (χ1) is 23.2. The zero-order chi connectivity index (χ0) is 36.8. The van der Waals surface area contributed by atoms with E-state index < -0.39 is 102 Å². The number of carboxylic acids is 1. The number of aromatic hydroxyl groups is 2. The minimum absolute atomic E-state index is 0. The number of nitrogens with one attached hydrogen (secondary N) is 2. The zero-order valence-electron chi connectivity index (χ0n) is 27.0. The topological polar surface area (TPSA) is 337 Å². The van der Waals surface area contributed by atoms with Gasteiger partial charge in [0, 0.05) is 16.1 Å². The van der Waals surface area contributed by atoms with Crippen molar-refractivity contribution in [2.24, 2.45) is 10.2 Å². The predicted molar refractivity (Wildman–Crippen MR) is 167 cm³/mol. The van der Waals surface area contributed by atoms with Crippen LogP contribution in [0.15, 0.2) is 85.6 Å². The number of halogens is 1. The van der Waals surface area contributed by atoms with Gasteiger partial charge in [-0.3, -0.25) is 0 Å². The van der Waals surface area contributed by atoms with E-state index in [1.54, 1.807) is 0 Å². The molecule has 1 heterocycles. The molecule has 1 aromatic heterocycles. The van der Waals surface area contributed by atoms with Crippen molar-refractivity contribution < 1.29 is 148 Å². The van der Waals surface area contributed by atoms with Crippen molar-refractivity contribution in [2.45, 2.75) is 14.7 Å². The van der Waals surface area contributed by atoms with Gasteiger partial charge in [-0.2, -0.15) is 15.0 Å². The number of rotatable bonds is 10. The van der Waals surface area contributed by atoms with Crippen LogP contribution in [0, 0.1) is 0 Å². The summed E-state index contributed by atoms with van der Waals surface area (Å²) in [6.45, 7) is 0. The summed E-state index contributed by atoms with van der Waals surface area (Å²) in [6, 6.07) is 8.82. The molecule has 260 valence electrons. The van der Waals surface area contributed by atoms with Crippen molar-refractivity contribution in [1.82, 2.24) is 15.0 Å². The van der Waals surface area contributed by atoms with Crippen molar-refractivity contribution in [2.75, 3.05) is 10.6 Å². The number of nitrogens with zero attached hydrogens (tertiary/aromatic N) is 5. The number of anilines is 4. The first-order valence-corrected chi connectivity index (χ1v) is 17.6. The van der Waals surface area contributed by atoms with E-state index in [0.29, 0.717) is 12.1 Å². The van der Waals surface area contributed by atoms with Crippen LogP contribution in [0.1, 0.15) is 10.4 Å². The smallest absolute Gasteiger partial charge is 0.744 e. The van der Waals surface area contributed by atoms with E-state index in [9.17, 15) is 59.0 Å². The van der Waals surface area contributed by atoms with Crippen LogP contribution in [0.4, 0.5) is 34.6 Å². The van der Waals surface area contributed by atoms with Gasteiger partial charge in [0.05, 0.1) is 31.3 Å². The summed E-state index contributed by atoms with van der Waals surface area (Å²) >= 11 is 5.83. The third-order valence-electron chi connectivity index (χ3n) is 6.41. The minimum Gasteiger partial charge on any atom is -0.744 e. The molecule has 0 unspecified atom stereocenters. The Hall–Kier alpha value is -2.56. The Morgan fingerprint density at radius 2 is 1.36 bits per heavy atom. The molecule has 0 amide bonds. The van der Waals surface area contributed by atoms with Crippen molar-refractivity contribution >= 4 is 93.3 Å². The summed E-state index contributed by atoms with van der Waals surface area (Å²) in [4.78, 5) is 19.9. The van der Waals surface area contributed by atoms with Crippen LogP contribution in [0.5, 0.6) is 11.8 Å². The zero-order valence-corrected chi connectivity index (χ0v) is 36.2. The van der Waals surface area contributed by atoms with Crippen LogP contribution < -0.4 is 99.3 Å². The fraction of sp³-hybridized carbons (Fsp3) is 0. The molecule has 0 saturated carbocycles. The second kappa shape index (κ2) is 17.9. The second-order valence-electron chi connectivity index (χ2n) is 9.70. The summed E-state index contributed by atoms with van der Waals surface area (Å²) < 4.78 is 107. The average Bonchev–Trinajstić information content (AvgIpc) is 2.99. The predicted octanol–water partition coefficient (Wildman–Crippen LogP) is -5.59. The molecule has 27 heteroatoms. The van der Waals surface area contributed by atoms with Crippen LogP contribution in [0.25, 0.3) is 10.8 Å². The van der Waals surface area contributed by atoms with E-state index in [0.717, 1.165) is 30.3 Å². The number of hydrogen-bond acceptors (Lipinski definition) is 19. The minimum atomic E-state index is -5.62. The van der Waals surface area contributed by atoms with Gasteiger partial charge in [0.15, 0.2) is 5.75 Å². The standard InChI is InChI=1S/C26H18ClN7O13S3.3Na/c27-11-4-5-16(14(8-11)23(36)37)33-34-21-19(50(45,46)47)10-15-18(49(42,43)44)7-6-17(20(15)22(21)35)29-25-30-24(31-26(38)32-25)28-12-2-1-3-13(9-12)48(39,40)41;;;/h1-10,35H,(H,36,37)(H,39,40,41)(H,42,43,44)(H,45,46,47)(H3,28,29,30,31,32,38);;;/q;3*+1/p-3. The average molecular weight is 834 g/mol. The van der Waals surface area contributed by atoms with E-state index in [1.165, 1.54) is 18.2 Å². The maximum Gasteiger partial charge on any atom is 1.00 e. The molecule has 20 nitrogen and oxygen atoms in total. The number of carbonyl (C=O) groups is 1. The molecule has 0 radical (unpaired) electrons. The number of azo groups is 1. The molecular weight excluding hydrogens is 819 g/mol. The van der Waals surface area contributed by atoms with Crippen LogP contribution in [0.2, 0.25) is 5.02 Å². The fourth-order valence-corrected chi connectivity index (χ4v) is 6.36. The van der Waals surface area contributed by atoms with Gasteiger partial charge in [-0.05, 0) is 54.6 Å². The third kappa shape index (κ3) is 11.0. The monoisotopic (exact) mass is 833 g/mol. The van der Waals surface area contributed by atoms with Crippen molar-refractivity contribution in [3.05, 3.63) is 71.2 Å². The second-order valence-corrected chi connectivity index (χ2v) is 14.2. The van der Waals surface area contributed by atoms with E-state index in [4.69, 9.17) is 11.6 Å². The maximum atomic E-state index is 12.3. The molecule has 5 aromatic rings. The van der Waals surface area contributed by atoms with Gasteiger partial charge in [0.2, 0.25) is 11.9 Å². The molecule has 0 aliphatic rings. The van der Waals surface area contributed by atoms with Gasteiger partial charge in [-0.1, -0.05) is 17.7 Å². The Labute approximate surface area is 370 Å². The number of phenols is 1.